The molecule has 2 aromatic carbocycles. The molecule has 0 saturated heterocycles. The summed E-state index contributed by atoms with van der Waals surface area (Å²) >= 11 is 0. The Bertz CT molecular complexity index is 529. The topological polar surface area (TPSA) is 20.2 Å². The van der Waals surface area contributed by atoms with Crippen LogP contribution in [0.25, 0.3) is 0 Å². The van der Waals surface area contributed by atoms with Crippen LogP contribution in [0.5, 0.6) is 0 Å². The van der Waals surface area contributed by atoms with Crippen LogP contribution in [-0.4, -0.2) is 5.11 Å². The number of aryl methyl sites for hydroxylation is 1. The van der Waals surface area contributed by atoms with Gasteiger partial charge >= 0.3 is 0 Å². The Morgan fingerprint density at radius 1 is 0.941 bits per heavy atom. The molecule has 2 rings (SSSR count). The predicted molar refractivity (Wildman–Crippen MR) is 69.5 cm³/mol. The van der Waals surface area contributed by atoms with E-state index in [9.17, 15) is 5.11 Å². The SMILES string of the molecule is Cc1ccc([C@H](O)C#Cc2ccccc2)cc1. The van der Waals surface area contributed by atoms with Crippen LogP contribution in [0.4, 0.5) is 0 Å². The summed E-state index contributed by atoms with van der Waals surface area (Å²) in [7, 11) is 0. The van der Waals surface area contributed by atoms with E-state index in [1.165, 1.54) is 5.56 Å². The third-order valence-electron chi connectivity index (χ3n) is 2.52. The van der Waals surface area contributed by atoms with Crippen LogP contribution < -0.4 is 0 Å². The van der Waals surface area contributed by atoms with Crippen LogP contribution in [0, 0.1) is 18.8 Å². The summed E-state index contributed by atoms with van der Waals surface area (Å²) in [6, 6.07) is 17.4. The van der Waals surface area contributed by atoms with Gasteiger partial charge in [-0.3, -0.25) is 0 Å². The molecule has 0 radical (unpaired) electrons. The standard InChI is InChI=1S/C16H14O/c1-13-7-10-15(11-8-13)16(17)12-9-14-5-3-2-4-6-14/h2-8,10-11,16-17H,1H3/t16-/m1/s1. The summed E-state index contributed by atoms with van der Waals surface area (Å²) in [4.78, 5) is 0. The number of benzene rings is 2. The van der Waals surface area contributed by atoms with Crippen LogP contribution in [-0.2, 0) is 0 Å². The first-order valence-electron chi connectivity index (χ1n) is 5.57. The molecular weight excluding hydrogens is 208 g/mol. The summed E-state index contributed by atoms with van der Waals surface area (Å²) in [5.41, 5.74) is 2.93. The van der Waals surface area contributed by atoms with Gasteiger partial charge in [0.25, 0.3) is 0 Å². The predicted octanol–water partition coefficient (Wildman–Crippen LogP) is 3.08. The van der Waals surface area contributed by atoms with E-state index in [1.54, 1.807) is 0 Å². The number of aliphatic hydroxyl groups is 1. The van der Waals surface area contributed by atoms with E-state index in [0.717, 1.165) is 11.1 Å². The zero-order valence-electron chi connectivity index (χ0n) is 9.72. The van der Waals surface area contributed by atoms with E-state index in [4.69, 9.17) is 0 Å². The van der Waals surface area contributed by atoms with Gasteiger partial charge in [0, 0.05) is 5.56 Å². The fraction of sp³-hybridized carbons (Fsp3) is 0.125. The summed E-state index contributed by atoms with van der Waals surface area (Å²) in [5.74, 6) is 5.80. The Kier molecular flexibility index (Phi) is 3.59. The molecule has 1 heteroatoms. The molecule has 0 aliphatic carbocycles. The van der Waals surface area contributed by atoms with Gasteiger partial charge in [-0.2, -0.15) is 0 Å². The number of hydrogen-bond acceptors (Lipinski definition) is 1. The maximum Gasteiger partial charge on any atom is 0.140 e. The smallest absolute Gasteiger partial charge is 0.140 e. The molecular formula is C16H14O. The van der Waals surface area contributed by atoms with E-state index in [2.05, 4.69) is 11.8 Å². The normalized spacial score (nSPS) is 11.4. The second-order valence-corrected chi connectivity index (χ2v) is 3.95. The highest BCUT2D eigenvalue weighted by Crippen LogP contribution is 2.12. The van der Waals surface area contributed by atoms with Gasteiger partial charge in [-0.25, -0.2) is 0 Å². The lowest BCUT2D eigenvalue weighted by Crippen LogP contribution is -1.93. The molecule has 1 nitrogen and oxygen atoms in total. The Balaban J connectivity index is 2.15. The van der Waals surface area contributed by atoms with E-state index >= 15 is 0 Å². The molecule has 0 aliphatic heterocycles. The van der Waals surface area contributed by atoms with Crippen LogP contribution in [0.1, 0.15) is 22.8 Å². The minimum absolute atomic E-state index is 0.726. The van der Waals surface area contributed by atoms with Crippen LogP contribution in [0.15, 0.2) is 54.6 Å². The van der Waals surface area contributed by atoms with E-state index in [-0.39, 0.29) is 0 Å². The van der Waals surface area contributed by atoms with Gasteiger partial charge in [0.2, 0.25) is 0 Å². The van der Waals surface area contributed by atoms with Crippen molar-refractivity contribution in [3.63, 3.8) is 0 Å². The van der Waals surface area contributed by atoms with E-state index < -0.39 is 6.10 Å². The van der Waals surface area contributed by atoms with E-state index in [1.807, 2.05) is 61.5 Å². The molecule has 1 atom stereocenters. The second kappa shape index (κ2) is 5.34. The fourth-order valence-corrected chi connectivity index (χ4v) is 1.51. The Labute approximate surface area is 102 Å². The average Bonchev–Trinajstić information content (AvgIpc) is 2.38. The second-order valence-electron chi connectivity index (χ2n) is 3.95. The number of aliphatic hydroxyl groups excluding tert-OH is 1. The lowest BCUT2D eigenvalue weighted by molar-refractivity contribution is 0.238. The van der Waals surface area contributed by atoms with Crippen LogP contribution in [0.2, 0.25) is 0 Å². The first-order chi connectivity index (χ1) is 8.25. The molecule has 0 unspecified atom stereocenters. The van der Waals surface area contributed by atoms with Crippen molar-refractivity contribution < 1.29 is 5.11 Å². The van der Waals surface area contributed by atoms with Gasteiger partial charge in [0.1, 0.15) is 6.10 Å². The monoisotopic (exact) mass is 222 g/mol. The van der Waals surface area contributed by atoms with Crippen molar-refractivity contribution in [3.8, 4) is 11.8 Å². The van der Waals surface area contributed by atoms with Crippen molar-refractivity contribution in [2.75, 3.05) is 0 Å². The van der Waals surface area contributed by atoms with Crippen molar-refractivity contribution in [2.24, 2.45) is 0 Å². The highest BCUT2D eigenvalue weighted by molar-refractivity contribution is 5.37. The van der Waals surface area contributed by atoms with Crippen molar-refractivity contribution in [3.05, 3.63) is 71.3 Å². The maximum atomic E-state index is 9.90. The molecule has 17 heavy (non-hydrogen) atoms. The Hall–Kier alpha value is -2.04. The minimum Gasteiger partial charge on any atom is -0.376 e. The van der Waals surface area contributed by atoms with Gasteiger partial charge in [0.05, 0.1) is 0 Å². The molecule has 0 fully saturated rings. The summed E-state index contributed by atoms with van der Waals surface area (Å²) in [5, 5.41) is 9.90. The molecule has 0 amide bonds. The zero-order valence-corrected chi connectivity index (χ0v) is 9.72. The molecule has 0 spiro atoms. The molecule has 0 aliphatic rings. The summed E-state index contributed by atoms with van der Waals surface area (Å²) in [6.45, 7) is 2.02. The molecule has 0 bridgehead atoms. The minimum atomic E-state index is -0.726. The van der Waals surface area contributed by atoms with Gasteiger partial charge < -0.3 is 5.11 Å². The molecule has 84 valence electrons. The number of rotatable bonds is 1. The fourth-order valence-electron chi connectivity index (χ4n) is 1.51. The van der Waals surface area contributed by atoms with Crippen molar-refractivity contribution in [1.29, 1.82) is 0 Å². The molecule has 0 saturated carbocycles. The lowest BCUT2D eigenvalue weighted by atomic mass is 10.1. The highest BCUT2D eigenvalue weighted by Gasteiger charge is 2.01. The average molecular weight is 222 g/mol. The Morgan fingerprint density at radius 2 is 1.59 bits per heavy atom. The van der Waals surface area contributed by atoms with Crippen LogP contribution >= 0.6 is 0 Å². The molecule has 0 heterocycles. The highest BCUT2D eigenvalue weighted by atomic mass is 16.3. The largest absolute Gasteiger partial charge is 0.376 e. The summed E-state index contributed by atoms with van der Waals surface area (Å²) < 4.78 is 0. The maximum absolute atomic E-state index is 9.90. The van der Waals surface area contributed by atoms with Gasteiger partial charge in [-0.1, -0.05) is 59.9 Å². The van der Waals surface area contributed by atoms with E-state index in [0.29, 0.717) is 0 Å². The van der Waals surface area contributed by atoms with Gasteiger partial charge in [0.15, 0.2) is 0 Å². The number of hydrogen-bond donors (Lipinski definition) is 1. The zero-order chi connectivity index (χ0) is 12.1. The molecule has 2 aromatic rings. The molecule has 0 aromatic heterocycles. The van der Waals surface area contributed by atoms with Crippen molar-refractivity contribution >= 4 is 0 Å². The van der Waals surface area contributed by atoms with Gasteiger partial charge in [-0.15, -0.1) is 0 Å². The summed E-state index contributed by atoms with van der Waals surface area (Å²) in [6.07, 6.45) is -0.726. The molecule has 1 N–H and O–H groups in total. The first-order valence-corrected chi connectivity index (χ1v) is 5.57. The van der Waals surface area contributed by atoms with Crippen LogP contribution in [0.3, 0.4) is 0 Å². The quantitative estimate of drug-likeness (QED) is 0.735. The first kappa shape index (κ1) is 11.4. The van der Waals surface area contributed by atoms with Gasteiger partial charge in [-0.05, 0) is 24.6 Å². The lowest BCUT2D eigenvalue weighted by Gasteiger charge is -2.03. The third kappa shape index (κ3) is 3.21. The third-order valence-corrected chi connectivity index (χ3v) is 2.52. The van der Waals surface area contributed by atoms with Crippen molar-refractivity contribution in [2.45, 2.75) is 13.0 Å². The Morgan fingerprint density at radius 3 is 2.24 bits per heavy atom. The van der Waals surface area contributed by atoms with Crippen molar-refractivity contribution in [1.82, 2.24) is 0 Å².